The lowest BCUT2D eigenvalue weighted by atomic mass is 10.2. The summed E-state index contributed by atoms with van der Waals surface area (Å²) in [6.07, 6.45) is 2.29. The third-order valence-electron chi connectivity index (χ3n) is 2.62. The van der Waals surface area contributed by atoms with E-state index in [2.05, 4.69) is 20.4 Å². The standard InChI is InChI=1S/C12H22O2S/c1-5-14-10(2)12(3,4)15-11-6-8-13-9-7-11/h11H,2,5-9H2,1,3-4H3. The Morgan fingerprint density at radius 2 is 2.07 bits per heavy atom. The molecule has 0 atom stereocenters. The molecule has 0 unspecified atom stereocenters. The first kappa shape index (κ1) is 12.9. The summed E-state index contributed by atoms with van der Waals surface area (Å²) < 4.78 is 10.9. The quantitative estimate of drug-likeness (QED) is 0.676. The molecule has 1 aliphatic rings. The van der Waals surface area contributed by atoms with Gasteiger partial charge >= 0.3 is 0 Å². The molecule has 0 aromatic carbocycles. The van der Waals surface area contributed by atoms with Crippen molar-refractivity contribution in [3.05, 3.63) is 12.3 Å². The highest BCUT2D eigenvalue weighted by Crippen LogP contribution is 2.38. The summed E-state index contributed by atoms with van der Waals surface area (Å²) in [6, 6.07) is 0. The molecule has 88 valence electrons. The van der Waals surface area contributed by atoms with Crippen LogP contribution in [0.2, 0.25) is 0 Å². The minimum atomic E-state index is 0.0119. The van der Waals surface area contributed by atoms with Crippen LogP contribution in [0.15, 0.2) is 12.3 Å². The fourth-order valence-corrected chi connectivity index (χ4v) is 3.08. The van der Waals surface area contributed by atoms with Gasteiger partial charge in [0.1, 0.15) is 5.76 Å². The van der Waals surface area contributed by atoms with Crippen LogP contribution in [0.3, 0.4) is 0 Å². The Balaban J connectivity index is 2.42. The van der Waals surface area contributed by atoms with Crippen LogP contribution in [0.4, 0.5) is 0 Å². The van der Waals surface area contributed by atoms with E-state index in [0.717, 1.165) is 31.8 Å². The highest BCUT2D eigenvalue weighted by Gasteiger charge is 2.29. The second kappa shape index (κ2) is 5.80. The molecule has 0 amide bonds. The van der Waals surface area contributed by atoms with Crippen LogP contribution < -0.4 is 0 Å². The molecule has 1 rings (SSSR count). The Labute approximate surface area is 97.4 Å². The molecule has 3 heteroatoms. The molecule has 0 aliphatic carbocycles. The molecule has 1 heterocycles. The van der Waals surface area contributed by atoms with E-state index in [-0.39, 0.29) is 4.75 Å². The van der Waals surface area contributed by atoms with Gasteiger partial charge in [-0.3, -0.25) is 0 Å². The zero-order chi connectivity index (χ0) is 11.3. The Bertz CT molecular complexity index is 208. The lowest BCUT2D eigenvalue weighted by molar-refractivity contribution is 0.0997. The zero-order valence-electron chi connectivity index (χ0n) is 10.0. The summed E-state index contributed by atoms with van der Waals surface area (Å²) in [6.45, 7) is 12.9. The van der Waals surface area contributed by atoms with E-state index in [1.54, 1.807) is 0 Å². The van der Waals surface area contributed by atoms with Gasteiger partial charge in [0.05, 0.1) is 11.4 Å². The van der Waals surface area contributed by atoms with Gasteiger partial charge in [0.2, 0.25) is 0 Å². The summed E-state index contributed by atoms with van der Waals surface area (Å²) in [5.74, 6) is 0.890. The average Bonchev–Trinajstić information content (AvgIpc) is 2.19. The maximum Gasteiger partial charge on any atom is 0.104 e. The molecule has 0 saturated carbocycles. The first-order valence-electron chi connectivity index (χ1n) is 5.64. The third-order valence-corrected chi connectivity index (χ3v) is 4.24. The second-order valence-corrected chi connectivity index (χ2v) is 6.22. The minimum Gasteiger partial charge on any atom is -0.497 e. The van der Waals surface area contributed by atoms with Crippen molar-refractivity contribution in [2.24, 2.45) is 0 Å². The summed E-state index contributed by atoms with van der Waals surface area (Å²) in [4.78, 5) is 0. The zero-order valence-corrected chi connectivity index (χ0v) is 10.9. The van der Waals surface area contributed by atoms with E-state index < -0.39 is 0 Å². The summed E-state index contributed by atoms with van der Waals surface area (Å²) in [5, 5.41) is 0.686. The van der Waals surface area contributed by atoms with E-state index in [1.807, 2.05) is 18.7 Å². The highest BCUT2D eigenvalue weighted by molar-refractivity contribution is 8.01. The first-order valence-corrected chi connectivity index (χ1v) is 6.52. The number of hydrogen-bond acceptors (Lipinski definition) is 3. The molecular weight excluding hydrogens is 208 g/mol. The number of ether oxygens (including phenoxy) is 2. The Morgan fingerprint density at radius 1 is 1.47 bits per heavy atom. The lowest BCUT2D eigenvalue weighted by Crippen LogP contribution is -2.27. The minimum absolute atomic E-state index is 0.0119. The largest absolute Gasteiger partial charge is 0.497 e. The van der Waals surface area contributed by atoms with Crippen LogP contribution >= 0.6 is 11.8 Å². The van der Waals surface area contributed by atoms with Gasteiger partial charge in [-0.05, 0) is 33.6 Å². The van der Waals surface area contributed by atoms with Crippen LogP contribution in [-0.2, 0) is 9.47 Å². The van der Waals surface area contributed by atoms with Crippen LogP contribution in [0.25, 0.3) is 0 Å². The van der Waals surface area contributed by atoms with Crippen molar-refractivity contribution in [1.29, 1.82) is 0 Å². The molecule has 0 aromatic heterocycles. The Morgan fingerprint density at radius 3 is 2.60 bits per heavy atom. The van der Waals surface area contributed by atoms with Crippen molar-refractivity contribution < 1.29 is 9.47 Å². The molecule has 0 N–H and O–H groups in total. The predicted molar refractivity (Wildman–Crippen MR) is 66.3 cm³/mol. The van der Waals surface area contributed by atoms with Gasteiger partial charge in [-0.2, -0.15) is 0 Å². The van der Waals surface area contributed by atoms with Crippen LogP contribution in [0.1, 0.15) is 33.6 Å². The van der Waals surface area contributed by atoms with E-state index >= 15 is 0 Å². The molecule has 1 saturated heterocycles. The molecule has 0 aromatic rings. The summed E-state index contributed by atoms with van der Waals surface area (Å²) in [5.41, 5.74) is 0. The van der Waals surface area contributed by atoms with E-state index in [9.17, 15) is 0 Å². The molecule has 0 radical (unpaired) electrons. The topological polar surface area (TPSA) is 18.5 Å². The molecule has 1 fully saturated rings. The van der Waals surface area contributed by atoms with E-state index in [1.165, 1.54) is 0 Å². The van der Waals surface area contributed by atoms with Crippen molar-refractivity contribution in [3.8, 4) is 0 Å². The van der Waals surface area contributed by atoms with Crippen molar-refractivity contribution in [3.63, 3.8) is 0 Å². The molecule has 0 spiro atoms. The van der Waals surface area contributed by atoms with Gasteiger partial charge in [0, 0.05) is 18.5 Å². The maximum atomic E-state index is 5.50. The number of rotatable bonds is 5. The average molecular weight is 230 g/mol. The first-order chi connectivity index (χ1) is 7.06. The van der Waals surface area contributed by atoms with Crippen LogP contribution in [0.5, 0.6) is 0 Å². The highest BCUT2D eigenvalue weighted by atomic mass is 32.2. The van der Waals surface area contributed by atoms with Crippen molar-refractivity contribution >= 4 is 11.8 Å². The Kier molecular flexibility index (Phi) is 5.00. The molecule has 0 bridgehead atoms. The SMILES string of the molecule is C=C(OCC)C(C)(C)SC1CCOCC1. The smallest absolute Gasteiger partial charge is 0.104 e. The number of hydrogen-bond donors (Lipinski definition) is 0. The van der Waals surface area contributed by atoms with Gasteiger partial charge in [-0.15, -0.1) is 11.8 Å². The lowest BCUT2D eigenvalue weighted by Gasteiger charge is -2.32. The molecule has 2 nitrogen and oxygen atoms in total. The molecular formula is C12H22O2S. The third kappa shape index (κ3) is 4.07. The van der Waals surface area contributed by atoms with Gasteiger partial charge in [-0.25, -0.2) is 0 Å². The van der Waals surface area contributed by atoms with Gasteiger partial charge < -0.3 is 9.47 Å². The summed E-state index contributed by atoms with van der Waals surface area (Å²) >= 11 is 1.97. The maximum absolute atomic E-state index is 5.50. The summed E-state index contributed by atoms with van der Waals surface area (Å²) in [7, 11) is 0. The van der Waals surface area contributed by atoms with E-state index in [0.29, 0.717) is 11.9 Å². The van der Waals surface area contributed by atoms with Gasteiger partial charge in [0.15, 0.2) is 0 Å². The van der Waals surface area contributed by atoms with Crippen molar-refractivity contribution in [1.82, 2.24) is 0 Å². The number of thioether (sulfide) groups is 1. The molecule has 1 aliphatic heterocycles. The van der Waals surface area contributed by atoms with E-state index in [4.69, 9.17) is 9.47 Å². The second-order valence-electron chi connectivity index (χ2n) is 4.30. The van der Waals surface area contributed by atoms with Crippen LogP contribution in [-0.4, -0.2) is 29.8 Å². The normalized spacial score (nSPS) is 18.9. The van der Waals surface area contributed by atoms with Crippen LogP contribution in [0, 0.1) is 0 Å². The molecule has 15 heavy (non-hydrogen) atoms. The van der Waals surface area contributed by atoms with Gasteiger partial charge in [-0.1, -0.05) is 6.58 Å². The fourth-order valence-electron chi connectivity index (χ4n) is 1.62. The Hall–Kier alpha value is -0.150. The predicted octanol–water partition coefficient (Wildman–Crippen LogP) is 3.23. The monoisotopic (exact) mass is 230 g/mol. The van der Waals surface area contributed by atoms with Crippen molar-refractivity contribution in [2.75, 3.05) is 19.8 Å². The van der Waals surface area contributed by atoms with Gasteiger partial charge in [0.25, 0.3) is 0 Å². The fraction of sp³-hybridized carbons (Fsp3) is 0.833. The van der Waals surface area contributed by atoms with Crippen molar-refractivity contribution in [2.45, 2.75) is 43.6 Å².